The molecule has 0 spiro atoms. The van der Waals surface area contributed by atoms with Crippen LogP contribution in [-0.2, 0) is 19.6 Å². The fourth-order valence-corrected chi connectivity index (χ4v) is 7.71. The smallest absolute Gasteiger partial charge is 0.253 e. The van der Waals surface area contributed by atoms with Gasteiger partial charge in [-0.1, -0.05) is 48.5 Å². The van der Waals surface area contributed by atoms with Gasteiger partial charge < -0.3 is 43.4 Å². The molecular formula is C44H56N6O5. The number of carbonyl (C=O) groups excluding carboxylic acids is 1. The molecule has 55 heavy (non-hydrogen) atoms. The number of hydrogen-bond donors (Lipinski definition) is 0. The van der Waals surface area contributed by atoms with Gasteiger partial charge in [0.2, 0.25) is 0 Å². The Bertz CT molecular complexity index is 1890. The summed E-state index contributed by atoms with van der Waals surface area (Å²) in [7, 11) is 8.29. The highest BCUT2D eigenvalue weighted by Crippen LogP contribution is 2.41. The van der Waals surface area contributed by atoms with Gasteiger partial charge in [-0.05, 0) is 81.3 Å². The zero-order valence-electron chi connectivity index (χ0n) is 32.9. The van der Waals surface area contributed by atoms with E-state index in [2.05, 4.69) is 87.1 Å². The molecule has 11 nitrogen and oxygen atoms in total. The molecule has 4 heterocycles. The second kappa shape index (κ2) is 18.1. The Balaban J connectivity index is 0.000000169. The molecular weight excluding hydrogens is 693 g/mol. The van der Waals surface area contributed by atoms with Crippen molar-refractivity contribution in [1.29, 1.82) is 0 Å². The third-order valence-electron chi connectivity index (χ3n) is 10.3. The second-order valence-corrected chi connectivity index (χ2v) is 15.1. The molecule has 0 aromatic heterocycles. The van der Waals surface area contributed by atoms with Crippen LogP contribution in [-0.4, -0.2) is 132 Å². The number of nitrogens with zero attached hydrogens (tertiary/aromatic N) is 6. The number of hydrogen-bond acceptors (Lipinski definition) is 10. The maximum atomic E-state index is 13.0. The number of fused-ring (bicyclic) bond motifs is 2. The molecule has 4 aromatic carbocycles. The Morgan fingerprint density at radius 2 is 1.02 bits per heavy atom. The van der Waals surface area contributed by atoms with Crippen LogP contribution in [0, 0.1) is 0 Å². The molecule has 1 amide bonds. The maximum Gasteiger partial charge on any atom is 0.253 e. The van der Waals surface area contributed by atoms with Crippen LogP contribution in [0.15, 0.2) is 84.9 Å². The van der Waals surface area contributed by atoms with Crippen molar-refractivity contribution in [2.45, 2.75) is 19.6 Å². The lowest BCUT2D eigenvalue weighted by atomic mass is 10.1. The van der Waals surface area contributed by atoms with E-state index in [1.807, 2.05) is 55.4 Å². The van der Waals surface area contributed by atoms with Gasteiger partial charge in [0.25, 0.3) is 5.91 Å². The van der Waals surface area contributed by atoms with Crippen LogP contribution in [0.3, 0.4) is 0 Å². The molecule has 0 saturated carbocycles. The van der Waals surface area contributed by atoms with Crippen molar-refractivity contribution in [1.82, 2.24) is 19.6 Å². The Labute approximate surface area is 326 Å². The van der Waals surface area contributed by atoms with Crippen molar-refractivity contribution in [2.75, 3.05) is 117 Å². The quantitative estimate of drug-likeness (QED) is 0.225. The molecule has 11 heteroatoms. The van der Waals surface area contributed by atoms with E-state index in [1.165, 1.54) is 16.8 Å². The van der Waals surface area contributed by atoms with E-state index in [0.29, 0.717) is 39.5 Å². The predicted molar refractivity (Wildman–Crippen MR) is 218 cm³/mol. The third kappa shape index (κ3) is 9.83. The van der Waals surface area contributed by atoms with Gasteiger partial charge in [-0.15, -0.1) is 0 Å². The Morgan fingerprint density at radius 3 is 1.58 bits per heavy atom. The van der Waals surface area contributed by atoms with Gasteiger partial charge in [-0.25, -0.2) is 0 Å². The van der Waals surface area contributed by atoms with Crippen molar-refractivity contribution < 1.29 is 23.7 Å². The summed E-state index contributed by atoms with van der Waals surface area (Å²) < 4.78 is 23.2. The standard InChI is InChI=1S/C22H27N3O3.C22H29N3O2/c1-23(2)16-17-5-3-6-18(15-17)22(26)25-11-9-24(10-12-25)19-7-4-8-20-21(19)28-14-13-27-20;1-23(2)16-18-5-3-6-19(15-18)17-24-9-11-25(12-10-24)20-7-4-8-21-22(20)27-14-13-26-21/h3-8,15H,9-14,16H2,1-2H3;3-8,15H,9-14,16-17H2,1-2H3. The fourth-order valence-electron chi connectivity index (χ4n) is 7.71. The number of ether oxygens (including phenoxy) is 4. The summed E-state index contributed by atoms with van der Waals surface area (Å²) in [6.45, 7) is 12.4. The van der Waals surface area contributed by atoms with Crippen LogP contribution in [0.2, 0.25) is 0 Å². The van der Waals surface area contributed by atoms with E-state index in [0.717, 1.165) is 98.7 Å². The largest absolute Gasteiger partial charge is 0.486 e. The normalized spacial score (nSPS) is 16.9. The number of para-hydroxylation sites is 2. The molecule has 0 atom stereocenters. The average molecular weight is 749 g/mol. The minimum absolute atomic E-state index is 0.106. The molecule has 0 aliphatic carbocycles. The molecule has 4 aromatic rings. The number of amides is 1. The highest BCUT2D eigenvalue weighted by molar-refractivity contribution is 5.94. The zero-order chi connectivity index (χ0) is 38.1. The molecule has 2 fully saturated rings. The van der Waals surface area contributed by atoms with Crippen molar-refractivity contribution >= 4 is 17.3 Å². The Morgan fingerprint density at radius 1 is 0.545 bits per heavy atom. The minimum atomic E-state index is 0.106. The molecule has 0 bridgehead atoms. The van der Waals surface area contributed by atoms with Crippen molar-refractivity contribution in [3.63, 3.8) is 0 Å². The molecule has 0 radical (unpaired) electrons. The number of rotatable bonds is 9. The number of carbonyl (C=O) groups is 1. The van der Waals surface area contributed by atoms with Gasteiger partial charge in [0.1, 0.15) is 26.4 Å². The summed E-state index contributed by atoms with van der Waals surface area (Å²) in [5.74, 6) is 3.52. The lowest BCUT2D eigenvalue weighted by Gasteiger charge is -2.37. The third-order valence-corrected chi connectivity index (χ3v) is 10.3. The molecule has 292 valence electrons. The van der Waals surface area contributed by atoms with E-state index < -0.39 is 0 Å². The zero-order valence-corrected chi connectivity index (χ0v) is 32.9. The first-order valence-electron chi connectivity index (χ1n) is 19.6. The van der Waals surface area contributed by atoms with E-state index in [4.69, 9.17) is 18.9 Å². The minimum Gasteiger partial charge on any atom is -0.486 e. The summed E-state index contributed by atoms with van der Waals surface area (Å²) >= 11 is 0. The second-order valence-electron chi connectivity index (χ2n) is 15.1. The van der Waals surface area contributed by atoms with Crippen LogP contribution in [0.4, 0.5) is 11.4 Å². The van der Waals surface area contributed by atoms with E-state index >= 15 is 0 Å². The molecule has 2 saturated heterocycles. The van der Waals surface area contributed by atoms with Crippen LogP contribution in [0.5, 0.6) is 23.0 Å². The monoisotopic (exact) mass is 748 g/mol. The summed E-state index contributed by atoms with van der Waals surface area (Å²) in [5, 5.41) is 0. The first-order valence-corrected chi connectivity index (χ1v) is 19.6. The van der Waals surface area contributed by atoms with Gasteiger partial charge in [-0.3, -0.25) is 9.69 Å². The summed E-state index contributed by atoms with van der Waals surface area (Å²) in [5.41, 5.74) is 6.92. The van der Waals surface area contributed by atoms with Crippen molar-refractivity contribution in [3.8, 4) is 23.0 Å². The summed E-state index contributed by atoms with van der Waals surface area (Å²) in [4.78, 5) is 26.5. The fraction of sp³-hybridized carbons (Fsp3) is 0.432. The van der Waals surface area contributed by atoms with Crippen molar-refractivity contribution in [2.24, 2.45) is 0 Å². The molecule has 4 aliphatic rings. The first-order chi connectivity index (χ1) is 26.8. The van der Waals surface area contributed by atoms with Crippen LogP contribution < -0.4 is 28.7 Å². The predicted octanol–water partition coefficient (Wildman–Crippen LogP) is 5.32. The first kappa shape index (κ1) is 38.3. The summed E-state index contributed by atoms with van der Waals surface area (Å²) in [6, 6.07) is 29.1. The highest BCUT2D eigenvalue weighted by atomic mass is 16.6. The molecule has 4 aliphatic heterocycles. The van der Waals surface area contributed by atoms with Crippen LogP contribution in [0.25, 0.3) is 0 Å². The maximum absolute atomic E-state index is 13.0. The molecule has 0 unspecified atom stereocenters. The number of benzene rings is 4. The highest BCUT2D eigenvalue weighted by Gasteiger charge is 2.27. The van der Waals surface area contributed by atoms with Crippen LogP contribution in [0.1, 0.15) is 27.0 Å². The van der Waals surface area contributed by atoms with E-state index in [9.17, 15) is 4.79 Å². The SMILES string of the molecule is CN(C)Cc1cccc(C(=O)N2CCN(c3cccc4c3OCCO4)CC2)c1.CN(C)Cc1cccc(CN2CCN(c3cccc4c3OCCO4)CC2)c1. The van der Waals surface area contributed by atoms with E-state index in [-0.39, 0.29) is 5.91 Å². The van der Waals surface area contributed by atoms with Gasteiger partial charge in [0, 0.05) is 77.6 Å². The molecule has 8 rings (SSSR count). The number of piperazine rings is 2. The Kier molecular flexibility index (Phi) is 12.6. The summed E-state index contributed by atoms with van der Waals surface area (Å²) in [6.07, 6.45) is 0. The van der Waals surface area contributed by atoms with Gasteiger partial charge in [-0.2, -0.15) is 0 Å². The van der Waals surface area contributed by atoms with E-state index in [1.54, 1.807) is 0 Å². The lowest BCUT2D eigenvalue weighted by Crippen LogP contribution is -2.49. The lowest BCUT2D eigenvalue weighted by molar-refractivity contribution is 0.0746. The average Bonchev–Trinajstić information content (AvgIpc) is 3.20. The van der Waals surface area contributed by atoms with Gasteiger partial charge in [0.15, 0.2) is 23.0 Å². The Hall–Kier alpha value is -4.97. The van der Waals surface area contributed by atoms with Gasteiger partial charge >= 0.3 is 0 Å². The number of anilines is 2. The van der Waals surface area contributed by atoms with Crippen LogP contribution >= 0.6 is 0 Å². The van der Waals surface area contributed by atoms with Gasteiger partial charge in [0.05, 0.1) is 11.4 Å². The van der Waals surface area contributed by atoms with Crippen molar-refractivity contribution in [3.05, 3.63) is 107 Å². The topological polar surface area (TPSA) is 73.4 Å². The molecule has 0 N–H and O–H groups in total.